The van der Waals surface area contributed by atoms with Gasteiger partial charge >= 0.3 is 12.1 Å². The molecule has 8 heteroatoms. The van der Waals surface area contributed by atoms with Gasteiger partial charge in [-0.3, -0.25) is 9.59 Å². The third kappa shape index (κ3) is 3.69. The number of likely N-dealkylation sites (N-methyl/N-ethyl adjacent to an activating group) is 1. The van der Waals surface area contributed by atoms with E-state index in [1.54, 1.807) is 0 Å². The van der Waals surface area contributed by atoms with E-state index in [4.69, 9.17) is 0 Å². The molecule has 1 aromatic carbocycles. The van der Waals surface area contributed by atoms with Crippen LogP contribution in [0.1, 0.15) is 15.9 Å². The first-order valence-electron chi connectivity index (χ1n) is 5.36. The lowest BCUT2D eigenvalue weighted by atomic mass is 10.1. The first-order chi connectivity index (χ1) is 9.16. The van der Waals surface area contributed by atoms with Crippen molar-refractivity contribution in [1.29, 1.82) is 0 Å². The van der Waals surface area contributed by atoms with Crippen LogP contribution in [0.4, 0.5) is 17.6 Å². The zero-order chi connectivity index (χ0) is 15.5. The summed E-state index contributed by atoms with van der Waals surface area (Å²) in [6, 6.07) is 1.50. The van der Waals surface area contributed by atoms with Gasteiger partial charge in [0.05, 0.1) is 18.2 Å². The molecule has 0 aromatic heterocycles. The fourth-order valence-electron chi connectivity index (χ4n) is 1.40. The second kappa shape index (κ2) is 5.89. The number of amides is 1. The molecular weight excluding hydrogens is 282 g/mol. The Labute approximate surface area is 111 Å². The van der Waals surface area contributed by atoms with Crippen molar-refractivity contribution < 1.29 is 31.9 Å². The third-order valence-electron chi connectivity index (χ3n) is 2.46. The van der Waals surface area contributed by atoms with Crippen LogP contribution < -0.4 is 0 Å². The zero-order valence-corrected chi connectivity index (χ0v) is 10.6. The number of carbonyl (C=O) groups excluding carboxylic acids is 2. The van der Waals surface area contributed by atoms with E-state index in [-0.39, 0.29) is 0 Å². The number of halogens is 4. The molecule has 0 unspecified atom stereocenters. The number of hydrogen-bond donors (Lipinski definition) is 0. The lowest BCUT2D eigenvalue weighted by molar-refractivity contribution is -0.141. The lowest BCUT2D eigenvalue weighted by Gasteiger charge is -2.17. The van der Waals surface area contributed by atoms with Crippen LogP contribution in [0.25, 0.3) is 0 Å². The zero-order valence-electron chi connectivity index (χ0n) is 10.6. The van der Waals surface area contributed by atoms with E-state index in [1.165, 1.54) is 0 Å². The maximum absolute atomic E-state index is 13.5. The standard InChI is InChI=1S/C12H11F4NO3/c1-17(6-10(18)20-2)11(19)8-5-7(12(14,15)16)3-4-9(8)13/h3-5H,6H2,1-2H3. The van der Waals surface area contributed by atoms with Crippen molar-refractivity contribution in [3.63, 3.8) is 0 Å². The van der Waals surface area contributed by atoms with Gasteiger partial charge in [-0.25, -0.2) is 4.39 Å². The third-order valence-corrected chi connectivity index (χ3v) is 2.46. The van der Waals surface area contributed by atoms with Gasteiger partial charge in [0.1, 0.15) is 12.4 Å². The van der Waals surface area contributed by atoms with E-state index in [9.17, 15) is 27.2 Å². The molecule has 110 valence electrons. The summed E-state index contributed by atoms with van der Waals surface area (Å²) >= 11 is 0. The molecule has 0 spiro atoms. The fourth-order valence-corrected chi connectivity index (χ4v) is 1.40. The molecule has 0 heterocycles. The Morgan fingerprint density at radius 2 is 1.90 bits per heavy atom. The largest absolute Gasteiger partial charge is 0.468 e. The molecule has 0 radical (unpaired) electrons. The number of alkyl halides is 3. The minimum atomic E-state index is -4.69. The molecule has 20 heavy (non-hydrogen) atoms. The van der Waals surface area contributed by atoms with Gasteiger partial charge in [-0.05, 0) is 18.2 Å². The number of nitrogens with zero attached hydrogens (tertiary/aromatic N) is 1. The first-order valence-corrected chi connectivity index (χ1v) is 5.36. The molecule has 0 saturated heterocycles. The van der Waals surface area contributed by atoms with E-state index < -0.39 is 41.5 Å². The van der Waals surface area contributed by atoms with Gasteiger partial charge in [-0.1, -0.05) is 0 Å². The minimum Gasteiger partial charge on any atom is -0.468 e. The SMILES string of the molecule is COC(=O)CN(C)C(=O)c1cc(C(F)(F)F)ccc1F. The smallest absolute Gasteiger partial charge is 0.416 e. The van der Waals surface area contributed by atoms with Crippen molar-refractivity contribution >= 4 is 11.9 Å². The van der Waals surface area contributed by atoms with Crippen molar-refractivity contribution in [1.82, 2.24) is 4.90 Å². The number of esters is 1. The fraction of sp³-hybridized carbons (Fsp3) is 0.333. The van der Waals surface area contributed by atoms with Crippen LogP contribution in [0, 0.1) is 5.82 Å². The summed E-state index contributed by atoms with van der Waals surface area (Å²) in [7, 11) is 2.24. The molecule has 0 atom stereocenters. The molecule has 0 aliphatic carbocycles. The van der Waals surface area contributed by atoms with E-state index in [1.807, 2.05) is 0 Å². The number of benzene rings is 1. The van der Waals surface area contributed by atoms with E-state index in [0.717, 1.165) is 19.1 Å². The highest BCUT2D eigenvalue weighted by atomic mass is 19.4. The summed E-state index contributed by atoms with van der Waals surface area (Å²) in [5, 5.41) is 0. The van der Waals surface area contributed by atoms with Crippen molar-refractivity contribution in [2.75, 3.05) is 20.7 Å². The van der Waals surface area contributed by atoms with Gasteiger partial charge in [-0.2, -0.15) is 13.2 Å². The number of methoxy groups -OCH3 is 1. The molecule has 0 aliphatic heterocycles. The van der Waals surface area contributed by atoms with E-state index >= 15 is 0 Å². The molecule has 0 bridgehead atoms. The molecule has 0 N–H and O–H groups in total. The Morgan fingerprint density at radius 1 is 1.30 bits per heavy atom. The number of carbonyl (C=O) groups is 2. The summed E-state index contributed by atoms with van der Waals surface area (Å²) < 4.78 is 55.3. The van der Waals surface area contributed by atoms with Crippen LogP contribution in [0.2, 0.25) is 0 Å². The van der Waals surface area contributed by atoms with Crippen LogP contribution in [0.5, 0.6) is 0 Å². The first kappa shape index (κ1) is 15.9. The second-order valence-electron chi connectivity index (χ2n) is 3.93. The average molecular weight is 293 g/mol. The molecule has 1 amide bonds. The van der Waals surface area contributed by atoms with Gasteiger partial charge in [-0.15, -0.1) is 0 Å². The van der Waals surface area contributed by atoms with Crippen molar-refractivity contribution in [3.05, 3.63) is 35.1 Å². The van der Waals surface area contributed by atoms with Gasteiger partial charge < -0.3 is 9.64 Å². The predicted octanol–water partition coefficient (Wildman–Crippen LogP) is 2.09. The maximum Gasteiger partial charge on any atom is 0.416 e. The van der Waals surface area contributed by atoms with Gasteiger partial charge in [0, 0.05) is 7.05 Å². The van der Waals surface area contributed by atoms with Crippen molar-refractivity contribution in [3.8, 4) is 0 Å². The molecule has 1 rings (SSSR count). The topological polar surface area (TPSA) is 46.6 Å². The summed E-state index contributed by atoms with van der Waals surface area (Å²) in [5.41, 5.74) is -1.90. The van der Waals surface area contributed by atoms with E-state index in [0.29, 0.717) is 18.2 Å². The summed E-state index contributed by atoms with van der Waals surface area (Å²) in [6.45, 7) is -0.495. The Morgan fingerprint density at radius 3 is 2.40 bits per heavy atom. The molecule has 0 aliphatic rings. The highest BCUT2D eigenvalue weighted by molar-refractivity contribution is 5.96. The molecule has 0 fully saturated rings. The van der Waals surface area contributed by atoms with Crippen LogP contribution in [-0.2, 0) is 15.7 Å². The van der Waals surface area contributed by atoms with Crippen molar-refractivity contribution in [2.45, 2.75) is 6.18 Å². The molecular formula is C12H11F4NO3. The summed E-state index contributed by atoms with van der Waals surface area (Å²) in [5.74, 6) is -2.91. The summed E-state index contributed by atoms with van der Waals surface area (Å²) in [6.07, 6.45) is -4.69. The van der Waals surface area contributed by atoms with Gasteiger partial charge in [0.2, 0.25) is 0 Å². The molecule has 0 saturated carbocycles. The number of ether oxygens (including phenoxy) is 1. The lowest BCUT2D eigenvalue weighted by Crippen LogP contribution is -2.33. The highest BCUT2D eigenvalue weighted by Gasteiger charge is 2.32. The quantitative estimate of drug-likeness (QED) is 0.633. The minimum absolute atomic E-state index is 0.408. The highest BCUT2D eigenvalue weighted by Crippen LogP contribution is 2.30. The molecule has 4 nitrogen and oxygen atoms in total. The van der Waals surface area contributed by atoms with Crippen LogP contribution >= 0.6 is 0 Å². The Balaban J connectivity index is 3.06. The van der Waals surface area contributed by atoms with Crippen molar-refractivity contribution in [2.24, 2.45) is 0 Å². The van der Waals surface area contributed by atoms with Gasteiger partial charge in [0.15, 0.2) is 0 Å². The Kier molecular flexibility index (Phi) is 4.69. The van der Waals surface area contributed by atoms with Crippen LogP contribution in [0.15, 0.2) is 18.2 Å². The predicted molar refractivity (Wildman–Crippen MR) is 60.4 cm³/mol. The van der Waals surface area contributed by atoms with Gasteiger partial charge in [0.25, 0.3) is 5.91 Å². The van der Waals surface area contributed by atoms with Crippen LogP contribution in [0.3, 0.4) is 0 Å². The number of rotatable bonds is 3. The average Bonchev–Trinajstić information content (AvgIpc) is 2.36. The monoisotopic (exact) mass is 293 g/mol. The second-order valence-corrected chi connectivity index (χ2v) is 3.93. The van der Waals surface area contributed by atoms with E-state index in [2.05, 4.69) is 4.74 Å². The molecule has 1 aromatic rings. The normalized spacial score (nSPS) is 11.1. The number of hydrogen-bond acceptors (Lipinski definition) is 3. The Hall–Kier alpha value is -2.12. The Bertz CT molecular complexity index is 528. The summed E-state index contributed by atoms with van der Waals surface area (Å²) in [4.78, 5) is 23.6. The maximum atomic E-state index is 13.5. The van der Waals surface area contributed by atoms with Crippen LogP contribution in [-0.4, -0.2) is 37.5 Å².